The summed E-state index contributed by atoms with van der Waals surface area (Å²) >= 11 is 0. The average Bonchev–Trinajstić information content (AvgIpc) is 2.26. The molecule has 0 fully saturated rings. The molecule has 0 aliphatic carbocycles. The highest BCUT2D eigenvalue weighted by molar-refractivity contribution is 5.76. The molecule has 6 heteroatoms. The van der Waals surface area contributed by atoms with Gasteiger partial charge in [0.25, 0.3) is 0 Å². The molecule has 110 valence electrons. The first-order valence-corrected chi connectivity index (χ1v) is 6.52. The summed E-state index contributed by atoms with van der Waals surface area (Å²) in [4.78, 5) is 32.6. The molecule has 2 amide bonds. The third kappa shape index (κ3) is 12.7. The van der Waals surface area contributed by atoms with E-state index in [1.54, 1.807) is 20.8 Å². The summed E-state index contributed by atoms with van der Waals surface area (Å²) in [6.45, 7) is 6.28. The van der Waals surface area contributed by atoms with Gasteiger partial charge in [-0.1, -0.05) is 0 Å². The standard InChI is InChI=1S/C13H24N2O4/c1-13(2,3)19-12(18)15-8-5-4-7-11(17)14-9-6-10-16/h10H,4-9H2,1-3H3,(H,14,17)(H,15,18). The molecule has 6 nitrogen and oxygen atoms in total. The molecule has 0 aliphatic heterocycles. The van der Waals surface area contributed by atoms with Crippen LogP contribution in [0.2, 0.25) is 0 Å². The lowest BCUT2D eigenvalue weighted by Crippen LogP contribution is -2.33. The normalized spacial score (nSPS) is 10.7. The van der Waals surface area contributed by atoms with E-state index in [0.29, 0.717) is 38.8 Å². The van der Waals surface area contributed by atoms with Crippen LogP contribution in [0.5, 0.6) is 0 Å². The fraction of sp³-hybridized carbons (Fsp3) is 0.769. The van der Waals surface area contributed by atoms with E-state index in [9.17, 15) is 14.4 Å². The van der Waals surface area contributed by atoms with Gasteiger partial charge in [0.15, 0.2) is 0 Å². The van der Waals surface area contributed by atoms with Crippen molar-refractivity contribution < 1.29 is 19.1 Å². The molecule has 0 aromatic carbocycles. The van der Waals surface area contributed by atoms with Gasteiger partial charge in [0.1, 0.15) is 11.9 Å². The van der Waals surface area contributed by atoms with E-state index in [-0.39, 0.29) is 5.91 Å². The van der Waals surface area contributed by atoms with Crippen LogP contribution in [0.15, 0.2) is 0 Å². The van der Waals surface area contributed by atoms with Crippen LogP contribution in [0.3, 0.4) is 0 Å². The van der Waals surface area contributed by atoms with Crippen LogP contribution in [0.25, 0.3) is 0 Å². The first-order valence-electron chi connectivity index (χ1n) is 6.52. The van der Waals surface area contributed by atoms with Crippen molar-refractivity contribution in [3.63, 3.8) is 0 Å². The number of hydrogen-bond acceptors (Lipinski definition) is 4. The Kier molecular flexibility index (Phi) is 8.57. The van der Waals surface area contributed by atoms with E-state index in [4.69, 9.17) is 4.74 Å². The summed E-state index contributed by atoms with van der Waals surface area (Å²) in [5.74, 6) is -0.0703. The Morgan fingerprint density at radius 1 is 1.11 bits per heavy atom. The predicted molar refractivity (Wildman–Crippen MR) is 71.8 cm³/mol. The highest BCUT2D eigenvalue weighted by Gasteiger charge is 2.15. The Balaban J connectivity index is 3.47. The third-order valence-electron chi connectivity index (χ3n) is 2.08. The Morgan fingerprint density at radius 2 is 1.79 bits per heavy atom. The number of carbonyl (C=O) groups is 3. The van der Waals surface area contributed by atoms with E-state index in [2.05, 4.69) is 10.6 Å². The summed E-state index contributed by atoms with van der Waals surface area (Å²) in [6, 6.07) is 0. The molecule has 0 aliphatic rings. The molecular formula is C13H24N2O4. The van der Waals surface area contributed by atoms with E-state index < -0.39 is 11.7 Å². The summed E-state index contributed by atoms with van der Waals surface area (Å²) in [5, 5.41) is 5.26. The van der Waals surface area contributed by atoms with Gasteiger partial charge in [0, 0.05) is 25.9 Å². The van der Waals surface area contributed by atoms with Crippen LogP contribution in [0.4, 0.5) is 4.79 Å². The smallest absolute Gasteiger partial charge is 0.407 e. The van der Waals surface area contributed by atoms with Gasteiger partial charge in [-0.3, -0.25) is 4.79 Å². The van der Waals surface area contributed by atoms with Crippen molar-refractivity contribution in [1.82, 2.24) is 10.6 Å². The minimum Gasteiger partial charge on any atom is -0.444 e. The van der Waals surface area contributed by atoms with Gasteiger partial charge in [0.05, 0.1) is 0 Å². The highest BCUT2D eigenvalue weighted by atomic mass is 16.6. The number of hydrogen-bond donors (Lipinski definition) is 2. The highest BCUT2D eigenvalue weighted by Crippen LogP contribution is 2.06. The van der Waals surface area contributed by atoms with Crippen LogP contribution in [0.1, 0.15) is 46.5 Å². The zero-order chi connectivity index (χ0) is 14.7. The number of alkyl carbamates (subject to hydrolysis) is 1. The van der Waals surface area contributed by atoms with Crippen molar-refractivity contribution in [3.8, 4) is 0 Å². The average molecular weight is 272 g/mol. The van der Waals surface area contributed by atoms with Gasteiger partial charge < -0.3 is 20.2 Å². The Morgan fingerprint density at radius 3 is 2.37 bits per heavy atom. The van der Waals surface area contributed by atoms with Gasteiger partial charge in [-0.25, -0.2) is 4.79 Å². The minimum atomic E-state index is -0.497. The summed E-state index contributed by atoms with van der Waals surface area (Å²) < 4.78 is 5.07. The van der Waals surface area contributed by atoms with Crippen molar-refractivity contribution in [1.29, 1.82) is 0 Å². The maximum absolute atomic E-state index is 11.3. The number of nitrogens with one attached hydrogen (secondary N) is 2. The molecule has 0 spiro atoms. The monoisotopic (exact) mass is 272 g/mol. The van der Waals surface area contributed by atoms with Gasteiger partial charge >= 0.3 is 6.09 Å². The quantitative estimate of drug-likeness (QED) is 0.516. The Bertz CT molecular complexity index is 298. The number of aldehydes is 1. The fourth-order valence-electron chi connectivity index (χ4n) is 1.27. The second-order valence-corrected chi connectivity index (χ2v) is 5.19. The molecule has 0 rings (SSSR count). The summed E-state index contributed by atoms with van der Waals surface area (Å²) in [6.07, 6.45) is 2.46. The van der Waals surface area contributed by atoms with E-state index in [1.807, 2.05) is 0 Å². The second-order valence-electron chi connectivity index (χ2n) is 5.19. The molecule has 0 aromatic heterocycles. The lowest BCUT2D eigenvalue weighted by molar-refractivity contribution is -0.121. The SMILES string of the molecule is CC(C)(C)OC(=O)NCCCCC(=O)NCCC=O. The van der Waals surface area contributed by atoms with Crippen molar-refractivity contribution >= 4 is 18.3 Å². The Hall–Kier alpha value is -1.59. The largest absolute Gasteiger partial charge is 0.444 e. The van der Waals surface area contributed by atoms with Crippen molar-refractivity contribution in [2.45, 2.75) is 52.1 Å². The van der Waals surface area contributed by atoms with E-state index >= 15 is 0 Å². The molecule has 0 atom stereocenters. The predicted octanol–water partition coefficient (Wildman–Crippen LogP) is 1.39. The molecule has 0 unspecified atom stereocenters. The van der Waals surface area contributed by atoms with E-state index in [0.717, 1.165) is 6.29 Å². The second kappa shape index (κ2) is 9.35. The van der Waals surface area contributed by atoms with Gasteiger partial charge in [-0.05, 0) is 33.6 Å². The zero-order valence-electron chi connectivity index (χ0n) is 12.0. The topological polar surface area (TPSA) is 84.5 Å². The minimum absolute atomic E-state index is 0.0703. The van der Waals surface area contributed by atoms with Gasteiger partial charge in [-0.15, -0.1) is 0 Å². The lowest BCUT2D eigenvalue weighted by atomic mass is 10.2. The van der Waals surface area contributed by atoms with Crippen molar-refractivity contribution in [3.05, 3.63) is 0 Å². The first kappa shape index (κ1) is 17.4. The number of unbranched alkanes of at least 4 members (excludes halogenated alkanes) is 1. The van der Waals surface area contributed by atoms with Crippen LogP contribution in [-0.2, 0) is 14.3 Å². The van der Waals surface area contributed by atoms with Crippen molar-refractivity contribution in [2.24, 2.45) is 0 Å². The third-order valence-corrected chi connectivity index (χ3v) is 2.08. The molecule has 0 radical (unpaired) electrons. The van der Waals surface area contributed by atoms with E-state index in [1.165, 1.54) is 0 Å². The first-order chi connectivity index (χ1) is 8.85. The zero-order valence-corrected chi connectivity index (χ0v) is 12.0. The molecular weight excluding hydrogens is 248 g/mol. The number of rotatable bonds is 8. The fourth-order valence-corrected chi connectivity index (χ4v) is 1.27. The summed E-state index contributed by atoms with van der Waals surface area (Å²) in [7, 11) is 0. The molecule has 0 aromatic rings. The van der Waals surface area contributed by atoms with Crippen LogP contribution < -0.4 is 10.6 Å². The number of amides is 2. The molecule has 0 heterocycles. The lowest BCUT2D eigenvalue weighted by Gasteiger charge is -2.19. The summed E-state index contributed by atoms with van der Waals surface area (Å²) in [5.41, 5.74) is -0.497. The molecule has 0 bridgehead atoms. The molecule has 19 heavy (non-hydrogen) atoms. The van der Waals surface area contributed by atoms with Crippen LogP contribution in [0, 0.1) is 0 Å². The number of ether oxygens (including phenoxy) is 1. The van der Waals surface area contributed by atoms with Gasteiger partial charge in [-0.2, -0.15) is 0 Å². The maximum atomic E-state index is 11.3. The number of carbonyl (C=O) groups excluding carboxylic acids is 3. The van der Waals surface area contributed by atoms with Crippen LogP contribution in [-0.4, -0.2) is 37.0 Å². The maximum Gasteiger partial charge on any atom is 0.407 e. The molecule has 2 N–H and O–H groups in total. The molecule has 0 saturated heterocycles. The van der Waals surface area contributed by atoms with Crippen LogP contribution >= 0.6 is 0 Å². The van der Waals surface area contributed by atoms with Gasteiger partial charge in [0.2, 0.25) is 5.91 Å². The van der Waals surface area contributed by atoms with Crippen molar-refractivity contribution in [2.75, 3.05) is 13.1 Å². The Labute approximate surface area is 114 Å². The molecule has 0 saturated carbocycles.